The van der Waals surface area contributed by atoms with Crippen LogP contribution in [-0.4, -0.2) is 20.9 Å². The molecule has 1 amide bonds. The molecule has 2 rings (SSSR count). The Morgan fingerprint density at radius 3 is 2.28 bits per heavy atom. The SMILES string of the molecule is O=C(CCOc1ccc(Cl)cc1Cl)NNS(=O)(=O)c1ccc(Cl)cc1. The monoisotopic (exact) mass is 422 g/mol. The lowest BCUT2D eigenvalue weighted by atomic mass is 10.3. The molecule has 0 saturated heterocycles. The lowest BCUT2D eigenvalue weighted by molar-refractivity contribution is -0.122. The lowest BCUT2D eigenvalue weighted by Crippen LogP contribution is -2.41. The van der Waals surface area contributed by atoms with Crippen LogP contribution in [0.15, 0.2) is 47.4 Å². The molecule has 0 spiro atoms. The molecule has 0 fully saturated rings. The lowest BCUT2D eigenvalue weighted by Gasteiger charge is -2.10. The second-order valence-electron chi connectivity index (χ2n) is 4.78. The fourth-order valence-corrected chi connectivity index (χ4v) is 3.15. The van der Waals surface area contributed by atoms with Crippen LogP contribution in [0.2, 0.25) is 15.1 Å². The molecule has 0 saturated carbocycles. The number of carbonyl (C=O) groups excluding carboxylic acids is 1. The first kappa shape index (κ1) is 19.8. The van der Waals surface area contributed by atoms with Crippen molar-refractivity contribution in [3.05, 3.63) is 57.5 Å². The van der Waals surface area contributed by atoms with Gasteiger partial charge >= 0.3 is 0 Å². The summed E-state index contributed by atoms with van der Waals surface area (Å²) in [7, 11) is -3.88. The molecule has 2 aromatic rings. The molecule has 25 heavy (non-hydrogen) atoms. The van der Waals surface area contributed by atoms with E-state index in [1.165, 1.54) is 30.3 Å². The predicted molar refractivity (Wildman–Crippen MR) is 96.5 cm³/mol. The molecule has 6 nitrogen and oxygen atoms in total. The number of nitrogens with one attached hydrogen (secondary N) is 2. The molecular formula is C15H13Cl3N2O4S. The van der Waals surface area contributed by atoms with Gasteiger partial charge in [-0.15, -0.1) is 4.83 Å². The van der Waals surface area contributed by atoms with Crippen molar-refractivity contribution >= 4 is 50.7 Å². The van der Waals surface area contributed by atoms with Crippen LogP contribution >= 0.6 is 34.8 Å². The second kappa shape index (κ2) is 8.73. The third-order valence-corrected chi connectivity index (χ3v) is 4.98. The quantitative estimate of drug-likeness (QED) is 0.668. The van der Waals surface area contributed by atoms with Gasteiger partial charge in [0.2, 0.25) is 5.91 Å². The van der Waals surface area contributed by atoms with Gasteiger partial charge in [-0.25, -0.2) is 8.42 Å². The van der Waals surface area contributed by atoms with Gasteiger partial charge in [-0.05, 0) is 42.5 Å². The minimum atomic E-state index is -3.88. The third-order valence-electron chi connectivity index (χ3n) is 2.93. The van der Waals surface area contributed by atoms with Gasteiger partial charge in [-0.3, -0.25) is 10.2 Å². The summed E-state index contributed by atoms with van der Waals surface area (Å²) in [6.45, 7) is 0.00978. The maximum absolute atomic E-state index is 12.0. The topological polar surface area (TPSA) is 84.5 Å². The van der Waals surface area contributed by atoms with Crippen LogP contribution < -0.4 is 15.0 Å². The van der Waals surface area contributed by atoms with E-state index in [-0.39, 0.29) is 17.9 Å². The first-order valence-corrected chi connectivity index (χ1v) is 9.54. The van der Waals surface area contributed by atoms with Crippen LogP contribution in [0, 0.1) is 0 Å². The van der Waals surface area contributed by atoms with Gasteiger partial charge < -0.3 is 4.74 Å². The van der Waals surface area contributed by atoms with Gasteiger partial charge in [0.1, 0.15) is 5.75 Å². The predicted octanol–water partition coefficient (Wildman–Crippen LogP) is 3.43. The fourth-order valence-electron chi connectivity index (χ4n) is 1.71. The highest BCUT2D eigenvalue weighted by Gasteiger charge is 2.15. The molecule has 0 heterocycles. The average Bonchev–Trinajstić information content (AvgIpc) is 2.55. The van der Waals surface area contributed by atoms with Crippen molar-refractivity contribution in [1.82, 2.24) is 10.3 Å². The highest BCUT2D eigenvalue weighted by Crippen LogP contribution is 2.27. The first-order valence-electron chi connectivity index (χ1n) is 6.92. The van der Waals surface area contributed by atoms with Gasteiger partial charge in [-0.1, -0.05) is 34.8 Å². The molecule has 0 bridgehead atoms. The number of rotatable bonds is 7. The highest BCUT2D eigenvalue weighted by molar-refractivity contribution is 7.89. The molecule has 0 aliphatic heterocycles. The molecular weight excluding hydrogens is 411 g/mol. The van der Waals surface area contributed by atoms with E-state index in [0.717, 1.165) is 0 Å². The van der Waals surface area contributed by atoms with E-state index in [1.807, 2.05) is 4.83 Å². The second-order valence-corrected chi connectivity index (χ2v) is 7.74. The first-order chi connectivity index (χ1) is 11.8. The maximum atomic E-state index is 12.0. The van der Waals surface area contributed by atoms with Gasteiger partial charge in [0.25, 0.3) is 10.0 Å². The molecule has 0 aliphatic carbocycles. The Balaban J connectivity index is 1.81. The van der Waals surface area contributed by atoms with Crippen molar-refractivity contribution in [2.45, 2.75) is 11.3 Å². The minimum absolute atomic E-state index is 0.00978. The Bertz CT molecular complexity index is 858. The zero-order chi connectivity index (χ0) is 18.4. The van der Waals surface area contributed by atoms with Crippen LogP contribution in [-0.2, 0) is 14.8 Å². The molecule has 2 aromatic carbocycles. The van der Waals surface area contributed by atoms with Crippen LogP contribution in [0.1, 0.15) is 6.42 Å². The number of sulfonamides is 1. The number of hydrazine groups is 1. The zero-order valence-corrected chi connectivity index (χ0v) is 15.7. The summed E-state index contributed by atoms with van der Waals surface area (Å²) in [5, 5.41) is 1.18. The van der Waals surface area contributed by atoms with E-state index in [0.29, 0.717) is 20.8 Å². The summed E-state index contributed by atoms with van der Waals surface area (Å²) in [5.74, 6) is -0.191. The zero-order valence-electron chi connectivity index (χ0n) is 12.6. The smallest absolute Gasteiger partial charge is 0.257 e. The van der Waals surface area contributed by atoms with Gasteiger partial charge in [-0.2, -0.15) is 0 Å². The molecule has 0 aliphatic rings. The van der Waals surface area contributed by atoms with Crippen LogP contribution in [0.25, 0.3) is 0 Å². The van der Waals surface area contributed by atoms with Crippen molar-refractivity contribution < 1.29 is 17.9 Å². The number of hydrogen-bond donors (Lipinski definition) is 2. The van der Waals surface area contributed by atoms with Crippen LogP contribution in [0.3, 0.4) is 0 Å². The fraction of sp³-hybridized carbons (Fsp3) is 0.133. The third kappa shape index (κ3) is 6.05. The molecule has 0 atom stereocenters. The van der Waals surface area contributed by atoms with Crippen LogP contribution in [0.4, 0.5) is 0 Å². The summed E-state index contributed by atoms with van der Waals surface area (Å²) < 4.78 is 29.3. The highest BCUT2D eigenvalue weighted by atomic mass is 35.5. The van der Waals surface area contributed by atoms with Crippen molar-refractivity contribution in [3.63, 3.8) is 0 Å². The van der Waals surface area contributed by atoms with E-state index in [2.05, 4.69) is 5.43 Å². The Labute approximate surface area is 160 Å². The number of amides is 1. The Kier molecular flexibility index (Phi) is 6.92. The Morgan fingerprint density at radius 2 is 1.64 bits per heavy atom. The minimum Gasteiger partial charge on any atom is -0.491 e. The number of carbonyl (C=O) groups is 1. The van der Waals surface area contributed by atoms with Crippen molar-refractivity contribution in [2.75, 3.05) is 6.61 Å². The van der Waals surface area contributed by atoms with E-state index in [9.17, 15) is 13.2 Å². The Hall–Kier alpha value is -1.51. The molecule has 2 N–H and O–H groups in total. The number of halogens is 3. The summed E-state index contributed by atoms with van der Waals surface area (Å²) in [4.78, 5) is 13.7. The van der Waals surface area contributed by atoms with E-state index in [4.69, 9.17) is 39.5 Å². The molecule has 0 unspecified atom stereocenters. The van der Waals surface area contributed by atoms with Crippen molar-refractivity contribution in [2.24, 2.45) is 0 Å². The molecule has 0 radical (unpaired) electrons. The van der Waals surface area contributed by atoms with Crippen molar-refractivity contribution in [3.8, 4) is 5.75 Å². The van der Waals surface area contributed by atoms with E-state index < -0.39 is 15.9 Å². The number of benzene rings is 2. The van der Waals surface area contributed by atoms with E-state index >= 15 is 0 Å². The van der Waals surface area contributed by atoms with Crippen molar-refractivity contribution in [1.29, 1.82) is 0 Å². The number of ether oxygens (including phenoxy) is 1. The van der Waals surface area contributed by atoms with Crippen LogP contribution in [0.5, 0.6) is 5.75 Å². The van der Waals surface area contributed by atoms with Gasteiger partial charge in [0.15, 0.2) is 0 Å². The average molecular weight is 424 g/mol. The number of hydrogen-bond acceptors (Lipinski definition) is 4. The summed E-state index contributed by atoms with van der Waals surface area (Å²) in [6.07, 6.45) is -0.0813. The normalized spacial score (nSPS) is 11.2. The summed E-state index contributed by atoms with van der Waals surface area (Å²) in [6, 6.07) is 10.2. The standard InChI is InChI=1S/C15H13Cl3N2O4S/c16-10-1-4-12(5-2-10)25(22,23)20-19-15(21)7-8-24-14-6-3-11(17)9-13(14)18/h1-6,9,20H,7-8H2,(H,19,21). The van der Waals surface area contributed by atoms with E-state index in [1.54, 1.807) is 12.1 Å². The molecule has 134 valence electrons. The Morgan fingerprint density at radius 1 is 1.00 bits per heavy atom. The van der Waals surface area contributed by atoms with Gasteiger partial charge in [0, 0.05) is 10.0 Å². The van der Waals surface area contributed by atoms with Gasteiger partial charge in [0.05, 0.1) is 22.9 Å². The largest absolute Gasteiger partial charge is 0.491 e. The maximum Gasteiger partial charge on any atom is 0.257 e. The summed E-state index contributed by atoms with van der Waals surface area (Å²) >= 11 is 17.4. The molecule has 0 aromatic heterocycles. The summed E-state index contributed by atoms with van der Waals surface area (Å²) in [5.41, 5.74) is 2.10. The molecule has 10 heteroatoms.